The van der Waals surface area contributed by atoms with Crippen molar-refractivity contribution in [2.24, 2.45) is 5.92 Å². The predicted molar refractivity (Wildman–Crippen MR) is 80.1 cm³/mol. The summed E-state index contributed by atoms with van der Waals surface area (Å²) in [4.78, 5) is 14.3. The summed E-state index contributed by atoms with van der Waals surface area (Å²) in [6, 6.07) is 2.25. The van der Waals surface area contributed by atoms with Gasteiger partial charge in [0.25, 0.3) is 0 Å². The van der Waals surface area contributed by atoms with E-state index in [1.54, 1.807) is 0 Å². The van der Waals surface area contributed by atoms with E-state index in [9.17, 15) is 18.0 Å². The molecule has 0 bridgehead atoms. The Balaban J connectivity index is 1.73. The highest BCUT2D eigenvalue weighted by molar-refractivity contribution is 5.78. The van der Waals surface area contributed by atoms with Gasteiger partial charge in [-0.15, -0.1) is 10.2 Å². The van der Waals surface area contributed by atoms with Gasteiger partial charge in [0, 0.05) is 12.7 Å². The number of amides is 1. The van der Waals surface area contributed by atoms with Crippen molar-refractivity contribution < 1.29 is 18.0 Å². The number of alkyl halides is 3. The summed E-state index contributed by atoms with van der Waals surface area (Å²) in [6.07, 6.45) is -1.27. The van der Waals surface area contributed by atoms with Gasteiger partial charge in [-0.2, -0.15) is 13.2 Å². The Kier molecular flexibility index (Phi) is 4.44. The Morgan fingerprint density at radius 3 is 2.92 bits per heavy atom. The maximum atomic E-state index is 13.0. The standard InChI is InChI=1S/C15H18F3N5O/c1-22-6-2-4-10(9-22)14(24)19-8-12-20-21-13-11(15(16,17)18)5-3-7-23(12)13/h3,5,7,10H,2,4,6,8-9H2,1H3,(H,19,24). The molecular formula is C15H18F3N5O. The lowest BCUT2D eigenvalue weighted by Gasteiger charge is -2.28. The number of aromatic nitrogens is 3. The molecule has 0 saturated carbocycles. The van der Waals surface area contributed by atoms with E-state index in [2.05, 4.69) is 20.4 Å². The number of hydrogen-bond donors (Lipinski definition) is 1. The summed E-state index contributed by atoms with van der Waals surface area (Å²) in [5, 5.41) is 10.2. The number of halogens is 3. The Hall–Kier alpha value is -2.16. The second-order valence-corrected chi connectivity index (χ2v) is 6.05. The van der Waals surface area contributed by atoms with Crippen molar-refractivity contribution in [2.75, 3.05) is 20.1 Å². The number of likely N-dealkylation sites (tertiary alicyclic amines) is 1. The van der Waals surface area contributed by atoms with Gasteiger partial charge in [-0.1, -0.05) is 0 Å². The van der Waals surface area contributed by atoms with Crippen molar-refractivity contribution in [2.45, 2.75) is 25.6 Å². The molecule has 3 heterocycles. The highest BCUT2D eigenvalue weighted by atomic mass is 19.4. The van der Waals surface area contributed by atoms with Gasteiger partial charge in [-0.3, -0.25) is 9.20 Å². The van der Waals surface area contributed by atoms with Crippen LogP contribution in [0.4, 0.5) is 13.2 Å². The molecule has 9 heteroatoms. The first-order chi connectivity index (χ1) is 11.4. The molecule has 3 rings (SSSR count). The van der Waals surface area contributed by atoms with Crippen LogP contribution in [0.15, 0.2) is 18.3 Å². The third-order valence-electron chi connectivity index (χ3n) is 4.23. The third kappa shape index (κ3) is 3.35. The highest BCUT2D eigenvalue weighted by Gasteiger charge is 2.34. The second kappa shape index (κ2) is 6.39. The number of carbonyl (C=O) groups is 1. The van der Waals surface area contributed by atoms with Gasteiger partial charge in [0.15, 0.2) is 11.5 Å². The van der Waals surface area contributed by atoms with Crippen LogP contribution < -0.4 is 5.32 Å². The summed E-state index contributed by atoms with van der Waals surface area (Å²) >= 11 is 0. The van der Waals surface area contributed by atoms with Crippen molar-refractivity contribution in [3.63, 3.8) is 0 Å². The molecule has 130 valence electrons. The van der Waals surface area contributed by atoms with Crippen molar-refractivity contribution in [1.82, 2.24) is 24.8 Å². The molecule has 0 radical (unpaired) electrons. The first kappa shape index (κ1) is 16.7. The number of hydrogen-bond acceptors (Lipinski definition) is 4. The van der Waals surface area contributed by atoms with Gasteiger partial charge in [0.1, 0.15) is 5.56 Å². The second-order valence-electron chi connectivity index (χ2n) is 6.05. The Bertz CT molecular complexity index is 742. The zero-order chi connectivity index (χ0) is 17.3. The zero-order valence-electron chi connectivity index (χ0n) is 13.2. The smallest absolute Gasteiger partial charge is 0.349 e. The van der Waals surface area contributed by atoms with Crippen LogP contribution in [0.5, 0.6) is 0 Å². The molecule has 0 aliphatic carbocycles. The lowest BCUT2D eigenvalue weighted by molar-refractivity contribution is -0.136. The predicted octanol–water partition coefficient (Wildman–Crippen LogP) is 1.71. The van der Waals surface area contributed by atoms with Crippen LogP contribution in [0, 0.1) is 5.92 Å². The Labute approximate surface area is 136 Å². The molecule has 1 fully saturated rings. The van der Waals surface area contributed by atoms with E-state index in [-0.39, 0.29) is 29.8 Å². The number of nitrogens with zero attached hydrogens (tertiary/aromatic N) is 4. The van der Waals surface area contributed by atoms with E-state index in [1.165, 1.54) is 16.7 Å². The zero-order valence-corrected chi connectivity index (χ0v) is 13.2. The van der Waals surface area contributed by atoms with Crippen LogP contribution in [0.2, 0.25) is 0 Å². The monoisotopic (exact) mass is 341 g/mol. The van der Waals surface area contributed by atoms with Gasteiger partial charge in [0.05, 0.1) is 12.5 Å². The first-order valence-corrected chi connectivity index (χ1v) is 7.72. The number of pyridine rings is 1. The molecule has 1 aliphatic heterocycles. The number of rotatable bonds is 3. The van der Waals surface area contributed by atoms with Gasteiger partial charge < -0.3 is 10.2 Å². The molecule has 1 amide bonds. The lowest BCUT2D eigenvalue weighted by Crippen LogP contribution is -2.41. The minimum atomic E-state index is -4.50. The normalized spacial score (nSPS) is 19.6. The summed E-state index contributed by atoms with van der Waals surface area (Å²) < 4.78 is 40.2. The number of nitrogens with one attached hydrogen (secondary N) is 1. The number of fused-ring (bicyclic) bond motifs is 1. The summed E-state index contributed by atoms with van der Waals surface area (Å²) in [5.41, 5.74) is -1.10. The van der Waals surface area contributed by atoms with Crippen LogP contribution in [0.3, 0.4) is 0 Å². The molecule has 0 spiro atoms. The number of carbonyl (C=O) groups excluding carboxylic acids is 1. The molecule has 1 saturated heterocycles. The molecule has 1 aliphatic rings. The van der Waals surface area contributed by atoms with E-state index in [0.29, 0.717) is 6.54 Å². The molecule has 1 unspecified atom stereocenters. The van der Waals surface area contributed by atoms with Gasteiger partial charge in [-0.05, 0) is 38.6 Å². The average molecular weight is 341 g/mol. The van der Waals surface area contributed by atoms with Gasteiger partial charge in [0.2, 0.25) is 5.91 Å². The SMILES string of the molecule is CN1CCCC(C(=O)NCc2nnc3c(C(F)(F)F)cccn23)C1. The van der Waals surface area contributed by atoms with Crippen molar-refractivity contribution >= 4 is 11.6 Å². The maximum Gasteiger partial charge on any atom is 0.420 e. The molecule has 1 N–H and O–H groups in total. The van der Waals surface area contributed by atoms with E-state index in [0.717, 1.165) is 25.5 Å². The molecular weight excluding hydrogens is 323 g/mol. The van der Waals surface area contributed by atoms with E-state index in [1.807, 2.05) is 7.05 Å². The first-order valence-electron chi connectivity index (χ1n) is 7.72. The molecule has 6 nitrogen and oxygen atoms in total. The molecule has 2 aromatic heterocycles. The van der Waals surface area contributed by atoms with Crippen LogP contribution in [-0.2, 0) is 17.5 Å². The molecule has 2 aromatic rings. The maximum absolute atomic E-state index is 13.0. The van der Waals surface area contributed by atoms with Gasteiger partial charge >= 0.3 is 6.18 Å². The van der Waals surface area contributed by atoms with Crippen LogP contribution in [-0.4, -0.2) is 45.5 Å². The lowest BCUT2D eigenvalue weighted by atomic mass is 9.98. The van der Waals surface area contributed by atoms with E-state index in [4.69, 9.17) is 0 Å². The summed E-state index contributed by atoms with van der Waals surface area (Å²) in [7, 11) is 1.96. The van der Waals surface area contributed by atoms with Gasteiger partial charge in [-0.25, -0.2) is 0 Å². The minimum absolute atomic E-state index is 0.0432. The topological polar surface area (TPSA) is 62.5 Å². The summed E-state index contributed by atoms with van der Waals surface area (Å²) in [5.74, 6) is 0.0626. The summed E-state index contributed by atoms with van der Waals surface area (Å²) in [6.45, 7) is 1.70. The largest absolute Gasteiger partial charge is 0.420 e. The number of piperidine rings is 1. The minimum Gasteiger partial charge on any atom is -0.349 e. The molecule has 0 aromatic carbocycles. The third-order valence-corrected chi connectivity index (χ3v) is 4.23. The van der Waals surface area contributed by atoms with Crippen molar-refractivity contribution in [3.8, 4) is 0 Å². The van der Waals surface area contributed by atoms with Crippen LogP contribution >= 0.6 is 0 Å². The van der Waals surface area contributed by atoms with Crippen LogP contribution in [0.1, 0.15) is 24.2 Å². The van der Waals surface area contributed by atoms with Crippen molar-refractivity contribution in [1.29, 1.82) is 0 Å². The fraction of sp³-hybridized carbons (Fsp3) is 0.533. The fourth-order valence-electron chi connectivity index (χ4n) is 3.00. The van der Waals surface area contributed by atoms with E-state index < -0.39 is 11.7 Å². The highest BCUT2D eigenvalue weighted by Crippen LogP contribution is 2.31. The molecule has 24 heavy (non-hydrogen) atoms. The van der Waals surface area contributed by atoms with Crippen molar-refractivity contribution in [3.05, 3.63) is 29.7 Å². The Morgan fingerprint density at radius 1 is 1.42 bits per heavy atom. The molecule has 1 atom stereocenters. The van der Waals surface area contributed by atoms with E-state index >= 15 is 0 Å². The van der Waals surface area contributed by atoms with Crippen LogP contribution in [0.25, 0.3) is 5.65 Å². The Morgan fingerprint density at radius 2 is 2.21 bits per heavy atom. The fourth-order valence-corrected chi connectivity index (χ4v) is 3.00. The quantitative estimate of drug-likeness (QED) is 0.923. The average Bonchev–Trinajstić information content (AvgIpc) is 2.94.